The van der Waals surface area contributed by atoms with Crippen LogP contribution in [0.1, 0.15) is 30.9 Å². The summed E-state index contributed by atoms with van der Waals surface area (Å²) < 4.78 is 6.51. The number of hydrogen-bond acceptors (Lipinski definition) is 2. The molecule has 122 valence electrons. The molecular formula is C20H24ClNO. The minimum atomic E-state index is -0.463. The van der Waals surface area contributed by atoms with Crippen LogP contribution in [0, 0.1) is 0 Å². The van der Waals surface area contributed by atoms with E-state index < -0.39 is 5.60 Å². The van der Waals surface area contributed by atoms with Gasteiger partial charge in [-0.15, -0.1) is 0 Å². The standard InChI is InChI=1S/C20H24ClNO/c1-20(16-7-4-3-5-8-16,17-10-12-18(21)13-11-17)23-15-19-9-6-14-22(19)2/h3-5,7-8,10-13,19H,6,9,14-15H2,1-2H3/t19?,20-/m1/s1. The van der Waals surface area contributed by atoms with E-state index >= 15 is 0 Å². The summed E-state index contributed by atoms with van der Waals surface area (Å²) in [6.45, 7) is 4.06. The molecule has 23 heavy (non-hydrogen) atoms. The van der Waals surface area contributed by atoms with Crippen molar-refractivity contribution in [3.63, 3.8) is 0 Å². The molecular weight excluding hydrogens is 306 g/mol. The first-order chi connectivity index (χ1) is 11.1. The van der Waals surface area contributed by atoms with Crippen LogP contribution in [0.25, 0.3) is 0 Å². The summed E-state index contributed by atoms with van der Waals surface area (Å²) in [7, 11) is 2.18. The van der Waals surface area contributed by atoms with Gasteiger partial charge in [-0.3, -0.25) is 0 Å². The van der Waals surface area contributed by atoms with Gasteiger partial charge in [-0.05, 0) is 56.6 Å². The maximum Gasteiger partial charge on any atom is 0.115 e. The first kappa shape index (κ1) is 16.5. The third-order valence-electron chi connectivity index (χ3n) is 4.96. The molecule has 0 spiro atoms. The SMILES string of the molecule is CN1CCCC1CO[C@](C)(c1ccccc1)c1ccc(Cl)cc1. The number of halogens is 1. The monoisotopic (exact) mass is 329 g/mol. The van der Waals surface area contributed by atoms with Gasteiger partial charge < -0.3 is 9.64 Å². The maximum absolute atomic E-state index is 6.51. The molecule has 2 aromatic rings. The van der Waals surface area contributed by atoms with E-state index in [1.54, 1.807) is 0 Å². The molecule has 0 aromatic heterocycles. The van der Waals surface area contributed by atoms with Gasteiger partial charge in [0.2, 0.25) is 0 Å². The molecule has 0 N–H and O–H groups in total. The number of benzene rings is 2. The van der Waals surface area contributed by atoms with E-state index in [4.69, 9.17) is 16.3 Å². The summed E-state index contributed by atoms with van der Waals surface area (Å²) in [6.07, 6.45) is 2.47. The van der Waals surface area contributed by atoms with E-state index in [0.717, 1.165) is 23.7 Å². The summed E-state index contributed by atoms with van der Waals surface area (Å²) in [5, 5.41) is 0.750. The lowest BCUT2D eigenvalue weighted by Gasteiger charge is -2.33. The zero-order valence-corrected chi connectivity index (χ0v) is 14.6. The van der Waals surface area contributed by atoms with E-state index in [1.165, 1.54) is 18.4 Å². The third-order valence-corrected chi connectivity index (χ3v) is 5.21. The van der Waals surface area contributed by atoms with E-state index in [0.29, 0.717) is 6.04 Å². The van der Waals surface area contributed by atoms with E-state index in [9.17, 15) is 0 Å². The van der Waals surface area contributed by atoms with Gasteiger partial charge in [-0.2, -0.15) is 0 Å². The Hall–Kier alpha value is -1.35. The molecule has 0 aliphatic carbocycles. The van der Waals surface area contributed by atoms with Crippen LogP contribution in [0.3, 0.4) is 0 Å². The molecule has 1 fully saturated rings. The van der Waals surface area contributed by atoms with Gasteiger partial charge in [0.25, 0.3) is 0 Å². The van der Waals surface area contributed by atoms with Crippen LogP contribution in [0.4, 0.5) is 0 Å². The molecule has 2 atom stereocenters. The predicted octanol–water partition coefficient (Wildman–Crippen LogP) is 4.71. The summed E-state index contributed by atoms with van der Waals surface area (Å²) in [5.41, 5.74) is 1.84. The lowest BCUT2D eigenvalue weighted by molar-refractivity contribution is -0.0267. The smallest absolute Gasteiger partial charge is 0.115 e. The first-order valence-corrected chi connectivity index (χ1v) is 8.63. The highest BCUT2D eigenvalue weighted by atomic mass is 35.5. The Kier molecular flexibility index (Phi) is 5.05. The molecule has 0 bridgehead atoms. The summed E-state index contributed by atoms with van der Waals surface area (Å²) in [5.74, 6) is 0. The summed E-state index contributed by atoms with van der Waals surface area (Å²) >= 11 is 6.06. The molecule has 1 saturated heterocycles. The van der Waals surface area contributed by atoms with Crippen molar-refractivity contribution in [1.82, 2.24) is 4.90 Å². The van der Waals surface area contributed by atoms with Crippen molar-refractivity contribution in [3.05, 3.63) is 70.7 Å². The van der Waals surface area contributed by atoms with Crippen LogP contribution >= 0.6 is 11.6 Å². The fourth-order valence-corrected chi connectivity index (χ4v) is 3.44. The Morgan fingerprint density at radius 3 is 2.35 bits per heavy atom. The van der Waals surface area contributed by atoms with Crippen LogP contribution < -0.4 is 0 Å². The molecule has 1 heterocycles. The number of likely N-dealkylation sites (N-methyl/N-ethyl adjacent to an activating group) is 1. The highest BCUT2D eigenvalue weighted by Crippen LogP contribution is 2.34. The Morgan fingerprint density at radius 1 is 1.09 bits per heavy atom. The van der Waals surface area contributed by atoms with Gasteiger partial charge in [0, 0.05) is 11.1 Å². The van der Waals surface area contributed by atoms with Gasteiger partial charge in [-0.25, -0.2) is 0 Å². The summed E-state index contributed by atoms with van der Waals surface area (Å²) in [6, 6.07) is 18.9. The minimum Gasteiger partial charge on any atom is -0.364 e. The maximum atomic E-state index is 6.51. The van der Waals surface area contributed by atoms with E-state index in [2.05, 4.69) is 55.3 Å². The van der Waals surface area contributed by atoms with Crippen LogP contribution in [0.15, 0.2) is 54.6 Å². The molecule has 1 aliphatic heterocycles. The highest BCUT2D eigenvalue weighted by molar-refractivity contribution is 6.30. The fourth-order valence-electron chi connectivity index (χ4n) is 3.31. The molecule has 2 aromatic carbocycles. The van der Waals surface area contributed by atoms with Crippen molar-refractivity contribution >= 4 is 11.6 Å². The van der Waals surface area contributed by atoms with Crippen molar-refractivity contribution in [2.24, 2.45) is 0 Å². The average molecular weight is 330 g/mol. The van der Waals surface area contributed by atoms with E-state index in [1.807, 2.05) is 18.2 Å². The molecule has 1 unspecified atom stereocenters. The van der Waals surface area contributed by atoms with Crippen molar-refractivity contribution in [2.45, 2.75) is 31.4 Å². The zero-order chi connectivity index (χ0) is 16.3. The number of hydrogen-bond donors (Lipinski definition) is 0. The molecule has 2 nitrogen and oxygen atoms in total. The second-order valence-corrected chi connectivity index (χ2v) is 6.93. The predicted molar refractivity (Wildman–Crippen MR) is 96.0 cm³/mol. The molecule has 3 heteroatoms. The molecule has 3 rings (SSSR count). The Bertz CT molecular complexity index is 628. The van der Waals surface area contributed by atoms with E-state index in [-0.39, 0.29) is 0 Å². The Morgan fingerprint density at radius 2 is 1.74 bits per heavy atom. The first-order valence-electron chi connectivity index (χ1n) is 8.25. The average Bonchev–Trinajstić information content (AvgIpc) is 2.99. The number of rotatable bonds is 5. The van der Waals surface area contributed by atoms with Gasteiger partial charge in [-0.1, -0.05) is 54.1 Å². The van der Waals surface area contributed by atoms with Gasteiger partial charge in [0.15, 0.2) is 0 Å². The Labute approximate surface area is 144 Å². The number of ether oxygens (including phenoxy) is 1. The van der Waals surface area contributed by atoms with Crippen molar-refractivity contribution in [2.75, 3.05) is 20.2 Å². The minimum absolute atomic E-state index is 0.463. The Balaban J connectivity index is 1.88. The van der Waals surface area contributed by atoms with Gasteiger partial charge in [0.1, 0.15) is 5.60 Å². The summed E-state index contributed by atoms with van der Waals surface area (Å²) in [4.78, 5) is 2.40. The second kappa shape index (κ2) is 7.04. The molecule has 0 amide bonds. The quantitative estimate of drug-likeness (QED) is 0.787. The van der Waals surface area contributed by atoms with Crippen LogP contribution in [-0.2, 0) is 10.3 Å². The van der Waals surface area contributed by atoms with Crippen LogP contribution in [0.2, 0.25) is 5.02 Å². The topological polar surface area (TPSA) is 12.5 Å². The highest BCUT2D eigenvalue weighted by Gasteiger charge is 2.32. The number of likely N-dealkylation sites (tertiary alicyclic amines) is 1. The largest absolute Gasteiger partial charge is 0.364 e. The van der Waals surface area contributed by atoms with Gasteiger partial charge in [0.05, 0.1) is 6.61 Å². The zero-order valence-electron chi connectivity index (χ0n) is 13.8. The normalized spacial score (nSPS) is 21.3. The van der Waals surface area contributed by atoms with Crippen LogP contribution in [0.5, 0.6) is 0 Å². The lowest BCUT2D eigenvalue weighted by atomic mass is 9.88. The molecule has 1 aliphatic rings. The lowest BCUT2D eigenvalue weighted by Crippen LogP contribution is -2.35. The van der Waals surface area contributed by atoms with Crippen molar-refractivity contribution in [1.29, 1.82) is 0 Å². The van der Waals surface area contributed by atoms with Gasteiger partial charge >= 0.3 is 0 Å². The molecule has 0 saturated carbocycles. The van der Waals surface area contributed by atoms with Crippen molar-refractivity contribution < 1.29 is 4.74 Å². The second-order valence-electron chi connectivity index (χ2n) is 6.49. The number of nitrogens with zero attached hydrogens (tertiary/aromatic N) is 1. The van der Waals surface area contributed by atoms with Crippen LogP contribution in [-0.4, -0.2) is 31.1 Å². The molecule has 0 radical (unpaired) electrons. The fraction of sp³-hybridized carbons (Fsp3) is 0.400. The third kappa shape index (κ3) is 3.60. The van der Waals surface area contributed by atoms with Crippen molar-refractivity contribution in [3.8, 4) is 0 Å².